The van der Waals surface area contributed by atoms with Gasteiger partial charge in [0.1, 0.15) is 30.0 Å². The van der Waals surface area contributed by atoms with Gasteiger partial charge in [0.25, 0.3) is 0 Å². The Labute approximate surface area is 132 Å². The Bertz CT molecular complexity index is 672. The highest BCUT2D eigenvalue weighted by molar-refractivity contribution is 5.75. The predicted molar refractivity (Wildman–Crippen MR) is 77.7 cm³/mol. The quantitative estimate of drug-likeness (QED) is 0.792. The van der Waals surface area contributed by atoms with E-state index >= 15 is 0 Å². The van der Waals surface area contributed by atoms with Crippen molar-refractivity contribution in [2.24, 2.45) is 5.73 Å². The van der Waals surface area contributed by atoms with Gasteiger partial charge in [0.2, 0.25) is 0 Å². The lowest BCUT2D eigenvalue weighted by Gasteiger charge is -2.08. The van der Waals surface area contributed by atoms with Crippen molar-refractivity contribution in [3.05, 3.63) is 53.5 Å². The van der Waals surface area contributed by atoms with E-state index in [1.807, 2.05) is 0 Å². The second kappa shape index (κ2) is 7.73. The van der Waals surface area contributed by atoms with Gasteiger partial charge in [-0.25, -0.2) is 8.78 Å². The fraction of sp³-hybridized carbons (Fsp3) is 0.312. The van der Waals surface area contributed by atoms with Crippen LogP contribution in [0.5, 0.6) is 5.75 Å². The molecule has 2 N–H and O–H groups in total. The normalized spacial score (nSPS) is 12.0. The summed E-state index contributed by atoms with van der Waals surface area (Å²) in [4.78, 5) is 11.4. The zero-order valence-corrected chi connectivity index (χ0v) is 12.6. The first-order valence-electron chi connectivity index (χ1n) is 7.07. The molecular weight excluding hydrogens is 308 g/mol. The summed E-state index contributed by atoms with van der Waals surface area (Å²) in [7, 11) is 0. The number of hydrogen-bond donors (Lipinski definition) is 1. The molecular formula is C16H17F2NO4. The molecule has 1 heterocycles. The Morgan fingerprint density at radius 3 is 2.70 bits per heavy atom. The van der Waals surface area contributed by atoms with Crippen molar-refractivity contribution in [3.8, 4) is 5.75 Å². The molecule has 0 amide bonds. The maximum absolute atomic E-state index is 13.4. The summed E-state index contributed by atoms with van der Waals surface area (Å²) >= 11 is 0. The maximum atomic E-state index is 13.4. The molecule has 1 aromatic carbocycles. The number of ether oxygens (including phenoxy) is 2. The van der Waals surface area contributed by atoms with Crippen LogP contribution in [0.15, 0.2) is 34.7 Å². The first-order valence-corrected chi connectivity index (χ1v) is 7.07. The van der Waals surface area contributed by atoms with E-state index in [4.69, 9.17) is 19.6 Å². The molecule has 7 heteroatoms. The second-order valence-electron chi connectivity index (χ2n) is 4.79. The third-order valence-corrected chi connectivity index (χ3v) is 2.99. The molecule has 0 radical (unpaired) electrons. The standard InChI is InChI=1S/C16H17F2NO4/c1-2-21-16(20)14(19)8-11-4-5-12(23-11)9-22-15-6-3-10(17)7-13(15)18/h3-7,14H,2,8-9,19H2,1H3. The zero-order chi connectivity index (χ0) is 16.8. The van der Waals surface area contributed by atoms with E-state index in [1.165, 1.54) is 6.07 Å². The van der Waals surface area contributed by atoms with Gasteiger partial charge in [0, 0.05) is 12.5 Å². The Balaban J connectivity index is 1.90. The Morgan fingerprint density at radius 2 is 2.00 bits per heavy atom. The van der Waals surface area contributed by atoms with Gasteiger partial charge in [0.15, 0.2) is 11.6 Å². The van der Waals surface area contributed by atoms with Crippen LogP contribution in [0.1, 0.15) is 18.4 Å². The summed E-state index contributed by atoms with van der Waals surface area (Å²) in [6.45, 7) is 1.92. The highest BCUT2D eigenvalue weighted by Gasteiger charge is 2.17. The van der Waals surface area contributed by atoms with Crippen LogP contribution >= 0.6 is 0 Å². The van der Waals surface area contributed by atoms with Gasteiger partial charge in [-0.15, -0.1) is 0 Å². The summed E-state index contributed by atoms with van der Waals surface area (Å²) in [5, 5.41) is 0. The highest BCUT2D eigenvalue weighted by atomic mass is 19.1. The fourth-order valence-corrected chi connectivity index (χ4v) is 1.90. The summed E-state index contributed by atoms with van der Waals surface area (Å²) in [6, 6.07) is 5.51. The van der Waals surface area contributed by atoms with Gasteiger partial charge in [-0.1, -0.05) is 0 Å². The van der Waals surface area contributed by atoms with Gasteiger partial charge in [0.05, 0.1) is 6.61 Å². The molecule has 5 nitrogen and oxygen atoms in total. The lowest BCUT2D eigenvalue weighted by Crippen LogP contribution is -2.34. The average Bonchev–Trinajstić information content (AvgIpc) is 2.94. The molecule has 2 aromatic rings. The van der Waals surface area contributed by atoms with Crippen LogP contribution in [0.4, 0.5) is 8.78 Å². The van der Waals surface area contributed by atoms with Crippen LogP contribution < -0.4 is 10.5 Å². The number of furan rings is 1. The number of esters is 1. The Morgan fingerprint density at radius 1 is 1.26 bits per heavy atom. The molecule has 0 saturated carbocycles. The minimum absolute atomic E-state index is 0.0306. The minimum Gasteiger partial charge on any atom is -0.483 e. The van der Waals surface area contributed by atoms with Crippen LogP contribution in [0.3, 0.4) is 0 Å². The lowest BCUT2D eigenvalue weighted by molar-refractivity contribution is -0.144. The Hall–Kier alpha value is -2.41. The maximum Gasteiger partial charge on any atom is 0.323 e. The van der Waals surface area contributed by atoms with Crippen LogP contribution in [0.2, 0.25) is 0 Å². The Kier molecular flexibility index (Phi) is 5.70. The van der Waals surface area contributed by atoms with Crippen molar-refractivity contribution in [1.82, 2.24) is 0 Å². The summed E-state index contributed by atoms with van der Waals surface area (Å²) in [5.41, 5.74) is 5.69. The van der Waals surface area contributed by atoms with Crippen molar-refractivity contribution in [1.29, 1.82) is 0 Å². The minimum atomic E-state index is -0.815. The van der Waals surface area contributed by atoms with Gasteiger partial charge in [-0.05, 0) is 31.2 Å². The van der Waals surface area contributed by atoms with Gasteiger partial charge >= 0.3 is 5.97 Å². The molecule has 124 valence electrons. The van der Waals surface area contributed by atoms with Crippen molar-refractivity contribution >= 4 is 5.97 Å². The molecule has 2 rings (SSSR count). The van der Waals surface area contributed by atoms with Crippen LogP contribution in [-0.2, 0) is 22.6 Å². The van der Waals surface area contributed by atoms with E-state index in [2.05, 4.69) is 0 Å². The number of carbonyl (C=O) groups excluding carboxylic acids is 1. The molecule has 0 aliphatic rings. The molecule has 0 saturated heterocycles. The molecule has 0 aliphatic carbocycles. The fourth-order valence-electron chi connectivity index (χ4n) is 1.90. The third kappa shape index (κ3) is 4.79. The smallest absolute Gasteiger partial charge is 0.323 e. The van der Waals surface area contributed by atoms with Crippen LogP contribution in [0, 0.1) is 11.6 Å². The average molecular weight is 325 g/mol. The number of carbonyl (C=O) groups is 1. The van der Waals surface area contributed by atoms with Crippen LogP contribution in [-0.4, -0.2) is 18.6 Å². The molecule has 0 fully saturated rings. The van der Waals surface area contributed by atoms with Gasteiger partial charge < -0.3 is 19.6 Å². The predicted octanol–water partition coefficient (Wildman–Crippen LogP) is 2.57. The van der Waals surface area contributed by atoms with Crippen molar-refractivity contribution in [2.45, 2.75) is 26.0 Å². The first-order chi connectivity index (χ1) is 11.0. The summed E-state index contributed by atoms with van der Waals surface area (Å²) in [6.07, 6.45) is 0.184. The van der Waals surface area contributed by atoms with Crippen LogP contribution in [0.25, 0.3) is 0 Å². The molecule has 1 atom stereocenters. The first kappa shape index (κ1) is 17.0. The molecule has 0 aliphatic heterocycles. The van der Waals surface area contributed by atoms with Crippen molar-refractivity contribution in [3.63, 3.8) is 0 Å². The number of benzene rings is 1. The number of halogens is 2. The van der Waals surface area contributed by atoms with Crippen molar-refractivity contribution < 1.29 is 27.5 Å². The van der Waals surface area contributed by atoms with E-state index in [9.17, 15) is 13.6 Å². The molecule has 1 aromatic heterocycles. The van der Waals surface area contributed by atoms with E-state index in [1.54, 1.807) is 19.1 Å². The largest absolute Gasteiger partial charge is 0.483 e. The SMILES string of the molecule is CCOC(=O)C(N)Cc1ccc(COc2ccc(F)cc2F)o1. The van der Waals surface area contributed by atoms with E-state index in [0.29, 0.717) is 11.5 Å². The third-order valence-electron chi connectivity index (χ3n) is 2.99. The van der Waals surface area contributed by atoms with Gasteiger partial charge in [-0.2, -0.15) is 0 Å². The molecule has 1 unspecified atom stereocenters. The monoisotopic (exact) mass is 325 g/mol. The highest BCUT2D eigenvalue weighted by Crippen LogP contribution is 2.20. The molecule has 0 bridgehead atoms. The van der Waals surface area contributed by atoms with E-state index in [0.717, 1.165) is 12.1 Å². The second-order valence-corrected chi connectivity index (χ2v) is 4.79. The summed E-state index contributed by atoms with van der Waals surface area (Å²) < 4.78 is 41.7. The van der Waals surface area contributed by atoms with E-state index in [-0.39, 0.29) is 25.4 Å². The lowest BCUT2D eigenvalue weighted by atomic mass is 10.2. The van der Waals surface area contributed by atoms with Gasteiger partial charge in [-0.3, -0.25) is 4.79 Å². The molecule has 0 spiro atoms. The number of hydrogen-bond acceptors (Lipinski definition) is 5. The number of nitrogens with two attached hydrogens (primary N) is 1. The van der Waals surface area contributed by atoms with Crippen molar-refractivity contribution in [2.75, 3.05) is 6.61 Å². The van der Waals surface area contributed by atoms with E-state index < -0.39 is 23.6 Å². The zero-order valence-electron chi connectivity index (χ0n) is 12.6. The topological polar surface area (TPSA) is 74.7 Å². The molecule has 23 heavy (non-hydrogen) atoms. The summed E-state index contributed by atoms with van der Waals surface area (Å²) in [5.74, 6) is -1.13. The number of rotatable bonds is 7.